The number of aryl methyl sites for hydroxylation is 1. The molecule has 108 valence electrons. The molecule has 5 heteroatoms. The zero-order chi connectivity index (χ0) is 14.0. The Bertz CT molecular complexity index is 414. The highest BCUT2D eigenvalue weighted by molar-refractivity contribution is 4.99. The highest BCUT2D eigenvalue weighted by atomic mass is 15.4. The molecule has 0 amide bonds. The summed E-state index contributed by atoms with van der Waals surface area (Å²) in [5.74, 6) is 0.644. The second-order valence-electron chi connectivity index (χ2n) is 6.40. The number of nitrogens with one attached hydrogen (secondary N) is 1. The van der Waals surface area contributed by atoms with Crippen LogP contribution < -0.4 is 5.32 Å². The molecule has 19 heavy (non-hydrogen) atoms. The molecule has 0 bridgehead atoms. The smallest absolute Gasteiger partial charge is 0.0967 e. The highest BCUT2D eigenvalue weighted by Crippen LogP contribution is 2.24. The molecule has 2 atom stereocenters. The third-order valence-electron chi connectivity index (χ3n) is 4.32. The Balaban J connectivity index is 2.11. The van der Waals surface area contributed by atoms with Crippen LogP contribution in [0.3, 0.4) is 0 Å². The molecule has 0 aliphatic carbocycles. The van der Waals surface area contributed by atoms with Crippen LogP contribution in [0, 0.1) is 5.92 Å². The summed E-state index contributed by atoms with van der Waals surface area (Å²) in [6.45, 7) is 12.2. The molecule has 1 fully saturated rings. The van der Waals surface area contributed by atoms with E-state index in [1.807, 2.05) is 13.2 Å². The predicted octanol–water partition coefficient (Wildman–Crippen LogP) is 1.41. The third kappa shape index (κ3) is 3.34. The van der Waals surface area contributed by atoms with Gasteiger partial charge in [-0.1, -0.05) is 26.0 Å². The first-order chi connectivity index (χ1) is 8.93. The van der Waals surface area contributed by atoms with Gasteiger partial charge in [-0.25, -0.2) is 0 Å². The van der Waals surface area contributed by atoms with Crippen molar-refractivity contribution < 1.29 is 0 Å². The molecule has 1 aromatic rings. The fraction of sp³-hybridized carbons (Fsp3) is 0.857. The van der Waals surface area contributed by atoms with E-state index < -0.39 is 0 Å². The van der Waals surface area contributed by atoms with Gasteiger partial charge in [0.2, 0.25) is 0 Å². The molecule has 0 spiro atoms. The van der Waals surface area contributed by atoms with Gasteiger partial charge in [0, 0.05) is 44.5 Å². The summed E-state index contributed by atoms with van der Waals surface area (Å²) in [7, 11) is 1.92. The second kappa shape index (κ2) is 5.59. The lowest BCUT2D eigenvalue weighted by molar-refractivity contribution is 0.0529. The molecule has 1 aliphatic rings. The number of rotatable bonds is 4. The maximum Gasteiger partial charge on any atom is 0.0967 e. The van der Waals surface area contributed by atoms with Crippen LogP contribution in [0.15, 0.2) is 6.20 Å². The zero-order valence-electron chi connectivity index (χ0n) is 12.8. The van der Waals surface area contributed by atoms with Crippen LogP contribution in [0.25, 0.3) is 0 Å². The molecule has 1 aromatic heterocycles. The van der Waals surface area contributed by atoms with Gasteiger partial charge in [0.25, 0.3) is 0 Å². The van der Waals surface area contributed by atoms with Gasteiger partial charge < -0.3 is 5.32 Å². The average Bonchev–Trinajstić information content (AvgIpc) is 2.74. The lowest BCUT2D eigenvalue weighted by atomic mass is 9.90. The van der Waals surface area contributed by atoms with Crippen molar-refractivity contribution in [1.29, 1.82) is 0 Å². The van der Waals surface area contributed by atoms with E-state index in [-0.39, 0.29) is 5.54 Å². The number of hydrogen-bond acceptors (Lipinski definition) is 4. The average molecular weight is 265 g/mol. The largest absolute Gasteiger partial charge is 0.309 e. The standard InChI is InChI=1S/C14H27N5/c1-6-14(4)10-19(13(7-15-14)11(2)3)9-12-8-18(5)17-16-12/h8,11,13,15H,6-7,9-10H2,1-5H3. The van der Waals surface area contributed by atoms with Crippen molar-refractivity contribution in [3.8, 4) is 0 Å². The van der Waals surface area contributed by atoms with E-state index in [4.69, 9.17) is 0 Å². The molecule has 0 aromatic carbocycles. The molecule has 5 nitrogen and oxygen atoms in total. The van der Waals surface area contributed by atoms with Crippen LogP contribution in [0.4, 0.5) is 0 Å². The Labute approximate surface area is 116 Å². The fourth-order valence-corrected chi connectivity index (χ4v) is 2.84. The van der Waals surface area contributed by atoms with Crippen LogP contribution in [0.1, 0.15) is 39.8 Å². The third-order valence-corrected chi connectivity index (χ3v) is 4.32. The van der Waals surface area contributed by atoms with E-state index in [9.17, 15) is 0 Å². The predicted molar refractivity (Wildman–Crippen MR) is 76.7 cm³/mol. The van der Waals surface area contributed by atoms with E-state index in [2.05, 4.69) is 48.2 Å². The van der Waals surface area contributed by atoms with Gasteiger partial charge in [-0.05, 0) is 19.3 Å². The van der Waals surface area contributed by atoms with Crippen LogP contribution in [-0.4, -0.2) is 44.6 Å². The maximum atomic E-state index is 4.23. The van der Waals surface area contributed by atoms with Crippen molar-refractivity contribution in [1.82, 2.24) is 25.2 Å². The lowest BCUT2D eigenvalue weighted by Crippen LogP contribution is -2.63. The van der Waals surface area contributed by atoms with Crippen LogP contribution in [0.2, 0.25) is 0 Å². The molecular formula is C14H27N5. The second-order valence-corrected chi connectivity index (χ2v) is 6.40. The maximum absolute atomic E-state index is 4.23. The minimum Gasteiger partial charge on any atom is -0.309 e. The molecule has 1 aliphatic heterocycles. The van der Waals surface area contributed by atoms with Gasteiger partial charge in [0.05, 0.1) is 5.69 Å². The van der Waals surface area contributed by atoms with Gasteiger partial charge in [0.1, 0.15) is 0 Å². The van der Waals surface area contributed by atoms with Gasteiger partial charge in [-0.15, -0.1) is 5.10 Å². The first-order valence-corrected chi connectivity index (χ1v) is 7.28. The monoisotopic (exact) mass is 265 g/mol. The van der Waals surface area contributed by atoms with Gasteiger partial charge in [-0.2, -0.15) is 0 Å². The summed E-state index contributed by atoms with van der Waals surface area (Å²) >= 11 is 0. The Morgan fingerprint density at radius 1 is 1.53 bits per heavy atom. The number of nitrogens with zero attached hydrogens (tertiary/aromatic N) is 4. The van der Waals surface area contributed by atoms with Crippen LogP contribution in [-0.2, 0) is 13.6 Å². The van der Waals surface area contributed by atoms with Gasteiger partial charge in [-0.3, -0.25) is 9.58 Å². The number of piperazine rings is 1. The quantitative estimate of drug-likeness (QED) is 0.894. The zero-order valence-corrected chi connectivity index (χ0v) is 12.8. The van der Waals surface area contributed by atoms with E-state index in [0.717, 1.165) is 31.7 Å². The highest BCUT2D eigenvalue weighted by Gasteiger charge is 2.35. The minimum atomic E-state index is 0.216. The van der Waals surface area contributed by atoms with Crippen molar-refractivity contribution in [3.05, 3.63) is 11.9 Å². The summed E-state index contributed by atoms with van der Waals surface area (Å²) in [4.78, 5) is 2.56. The summed E-state index contributed by atoms with van der Waals surface area (Å²) < 4.78 is 1.78. The van der Waals surface area contributed by atoms with E-state index in [1.54, 1.807) is 4.68 Å². The van der Waals surface area contributed by atoms with Crippen molar-refractivity contribution in [2.24, 2.45) is 13.0 Å². The molecule has 2 heterocycles. The van der Waals surface area contributed by atoms with Crippen molar-refractivity contribution in [2.75, 3.05) is 13.1 Å². The van der Waals surface area contributed by atoms with Gasteiger partial charge in [0.15, 0.2) is 0 Å². The molecule has 2 unspecified atom stereocenters. The Morgan fingerprint density at radius 2 is 2.26 bits per heavy atom. The summed E-state index contributed by atoms with van der Waals surface area (Å²) in [6, 6.07) is 0.571. The summed E-state index contributed by atoms with van der Waals surface area (Å²) in [5, 5.41) is 12.0. The van der Waals surface area contributed by atoms with E-state index in [1.165, 1.54) is 0 Å². The Kier molecular flexibility index (Phi) is 4.26. The molecule has 1 saturated heterocycles. The molecule has 1 N–H and O–H groups in total. The van der Waals surface area contributed by atoms with Crippen LogP contribution in [0.5, 0.6) is 0 Å². The molecule has 0 saturated carbocycles. The fourth-order valence-electron chi connectivity index (χ4n) is 2.84. The number of hydrogen-bond donors (Lipinski definition) is 1. The molecular weight excluding hydrogens is 238 g/mol. The first-order valence-electron chi connectivity index (χ1n) is 7.28. The van der Waals surface area contributed by atoms with Crippen molar-refractivity contribution in [2.45, 2.75) is 52.2 Å². The first kappa shape index (κ1) is 14.5. The Hall–Kier alpha value is -0.940. The minimum absolute atomic E-state index is 0.216. The van der Waals surface area contributed by atoms with Crippen LogP contribution >= 0.6 is 0 Å². The molecule has 0 radical (unpaired) electrons. The van der Waals surface area contributed by atoms with Gasteiger partial charge >= 0.3 is 0 Å². The Morgan fingerprint density at radius 3 is 2.79 bits per heavy atom. The van der Waals surface area contributed by atoms with Crippen molar-refractivity contribution in [3.63, 3.8) is 0 Å². The normalized spacial score (nSPS) is 29.1. The lowest BCUT2D eigenvalue weighted by Gasteiger charge is -2.47. The number of aromatic nitrogens is 3. The van der Waals surface area contributed by atoms with Crippen molar-refractivity contribution >= 4 is 0 Å². The summed E-state index contributed by atoms with van der Waals surface area (Å²) in [6.07, 6.45) is 3.16. The molecule has 2 rings (SSSR count). The van der Waals surface area contributed by atoms with E-state index >= 15 is 0 Å². The topological polar surface area (TPSA) is 46.0 Å². The SMILES string of the molecule is CCC1(C)CN(Cc2cn(C)nn2)C(C(C)C)CN1. The van der Waals surface area contributed by atoms with E-state index in [0.29, 0.717) is 12.0 Å². The summed E-state index contributed by atoms with van der Waals surface area (Å²) in [5.41, 5.74) is 1.28.